The second-order valence-electron chi connectivity index (χ2n) is 17.3. The van der Waals surface area contributed by atoms with Gasteiger partial charge in [0.05, 0.1) is 37.1 Å². The molecule has 0 spiro atoms. The number of likely N-dealkylation sites (N-methyl/N-ethyl adjacent to an activating group) is 1. The first-order valence-corrected chi connectivity index (χ1v) is 21.7. The number of ether oxygens (including phenoxy) is 5. The van der Waals surface area contributed by atoms with Crippen LogP contribution in [0.25, 0.3) is 10.4 Å². The quantitative estimate of drug-likeness (QED) is 0.200. The maximum atomic E-state index is 14.5. The summed E-state index contributed by atoms with van der Waals surface area (Å²) in [6.07, 6.45) is -1.54. The molecule has 5 heterocycles. The van der Waals surface area contributed by atoms with E-state index in [1.165, 1.54) is 20.8 Å². The zero-order valence-electron chi connectivity index (χ0n) is 36.8. The van der Waals surface area contributed by atoms with Crippen molar-refractivity contribution >= 4 is 40.4 Å². The second-order valence-corrected chi connectivity index (χ2v) is 18.5. The van der Waals surface area contributed by atoms with E-state index in [2.05, 4.69) is 15.1 Å². The normalized spacial score (nSPS) is 37.6. The number of aromatic nitrogens is 1. The Kier molecular flexibility index (Phi) is 16.0. The minimum atomic E-state index is -1.84. The number of ketones is 1. The fourth-order valence-electron chi connectivity index (χ4n) is 8.91. The molecule has 0 radical (unpaired) electrons. The Labute approximate surface area is 357 Å². The first-order chi connectivity index (χ1) is 28.3. The number of cyclic esters (lactones) is 1. The van der Waals surface area contributed by atoms with Gasteiger partial charge in [0.1, 0.15) is 29.4 Å². The predicted molar refractivity (Wildman–Crippen MR) is 226 cm³/mol. The van der Waals surface area contributed by atoms with Gasteiger partial charge in [0.15, 0.2) is 18.7 Å². The SMILES string of the molecule is CC[C@H]1OC(=O)[C@H](C)C(=O)[C@H](C)[C@@H](O[C@@H]2O[C@H](C)C[C@H](N(C)C)[C@H]2O)[C@@]2(C)C[C@@H](C)C(=NC(C)=O)[C@H](C)[C@@H](OC/C(=N\OCc3ccc(-c4cccnc4)s3)CO2)[C@]1(C)O. The van der Waals surface area contributed by atoms with Gasteiger partial charge >= 0.3 is 5.97 Å². The Morgan fingerprint density at radius 1 is 1.08 bits per heavy atom. The number of thiophene rings is 1. The number of rotatable bonds is 8. The molecule has 2 bridgehead atoms. The topological polar surface area (TPSA) is 188 Å². The lowest BCUT2D eigenvalue weighted by Gasteiger charge is -2.47. The van der Waals surface area contributed by atoms with Crippen molar-refractivity contribution in [1.29, 1.82) is 0 Å². The van der Waals surface area contributed by atoms with Gasteiger partial charge in [0.25, 0.3) is 0 Å². The third kappa shape index (κ3) is 10.9. The Hall–Kier alpha value is -3.48. The number of Topliss-reactive ketones (excluding diaryl/α,β-unsaturated/α-hetero) is 1. The molecule has 5 rings (SSSR count). The highest BCUT2D eigenvalue weighted by Gasteiger charge is 2.53. The number of aliphatic hydroxyl groups is 2. The molecular weight excluding hydrogens is 793 g/mol. The monoisotopic (exact) mass is 856 g/mol. The van der Waals surface area contributed by atoms with Crippen LogP contribution in [0.1, 0.15) is 86.5 Å². The predicted octanol–water partition coefficient (Wildman–Crippen LogP) is 5.25. The van der Waals surface area contributed by atoms with Crippen molar-refractivity contribution in [2.24, 2.45) is 33.8 Å². The van der Waals surface area contributed by atoms with Gasteiger partial charge in [-0.05, 0) is 85.2 Å². The molecule has 0 aromatic carbocycles. The van der Waals surface area contributed by atoms with Gasteiger partial charge < -0.3 is 43.6 Å². The Morgan fingerprint density at radius 2 is 1.82 bits per heavy atom. The Balaban J connectivity index is 1.64. The van der Waals surface area contributed by atoms with Gasteiger partial charge in [-0.1, -0.05) is 38.9 Å². The van der Waals surface area contributed by atoms with Crippen LogP contribution in [0.2, 0.25) is 0 Å². The number of fused-ring (bicyclic) bond motifs is 5. The second kappa shape index (κ2) is 20.1. The molecule has 2 aromatic rings. The maximum absolute atomic E-state index is 14.5. The van der Waals surface area contributed by atoms with E-state index in [-0.39, 0.29) is 44.8 Å². The summed E-state index contributed by atoms with van der Waals surface area (Å²) < 4.78 is 32.5. The van der Waals surface area contributed by atoms with Crippen LogP contribution >= 0.6 is 11.3 Å². The molecule has 332 valence electrons. The number of esters is 1. The first-order valence-electron chi connectivity index (χ1n) is 20.9. The standard InChI is InChI=1S/C44H64N4O11S/c1-12-35-44(9,53)40-26(4)36(46-29(7)49)24(2)19-43(8,55-22-31(21-54-40)47-56-23-32-15-16-34(60-32)30-14-13-17-45-20-30)39(27(5)37(50)28(6)41(52)58-35)59-42-38(51)33(48(10)11)18-25(3)57-42/h13-17,20,24-28,33,35,38-40,42,51,53H,12,18-19,21-23H2,1-11H3/b46-36?,47-31+/t24-,25-,26+,27+,28-,33+,35-,38-,39-,40-,42+,43-,44-/m1/s1. The van der Waals surface area contributed by atoms with Gasteiger partial charge in [-0.3, -0.25) is 19.4 Å². The average molecular weight is 857 g/mol. The molecule has 15 nitrogen and oxygen atoms in total. The summed E-state index contributed by atoms with van der Waals surface area (Å²) in [5.41, 5.74) is -1.52. The van der Waals surface area contributed by atoms with Gasteiger partial charge in [-0.25, -0.2) is 4.99 Å². The molecule has 13 atom stereocenters. The summed E-state index contributed by atoms with van der Waals surface area (Å²) in [5.74, 6) is -5.28. The molecule has 1 amide bonds. The molecule has 3 saturated heterocycles. The van der Waals surface area contributed by atoms with Crippen LogP contribution in [0.4, 0.5) is 0 Å². The number of pyridine rings is 1. The lowest BCUT2D eigenvalue weighted by Crippen LogP contribution is -2.60. The molecule has 3 aliphatic rings. The van der Waals surface area contributed by atoms with E-state index >= 15 is 0 Å². The fourth-order valence-corrected chi connectivity index (χ4v) is 9.82. The number of aliphatic imine (C=N–C) groups is 1. The molecule has 0 unspecified atom stereocenters. The van der Waals surface area contributed by atoms with E-state index < -0.39 is 83.2 Å². The molecule has 16 heteroatoms. The van der Waals surface area contributed by atoms with Gasteiger partial charge in [-0.15, -0.1) is 11.3 Å². The minimum Gasteiger partial charge on any atom is -0.459 e. The van der Waals surface area contributed by atoms with Gasteiger partial charge in [-0.2, -0.15) is 0 Å². The number of nitrogens with zero attached hydrogens (tertiary/aromatic N) is 4. The third-order valence-corrected chi connectivity index (χ3v) is 13.2. The van der Waals surface area contributed by atoms with Crippen LogP contribution in [0.3, 0.4) is 0 Å². The number of hydrogen-bond donors (Lipinski definition) is 2. The van der Waals surface area contributed by atoms with Crippen molar-refractivity contribution < 1.29 is 53.1 Å². The van der Waals surface area contributed by atoms with Crippen molar-refractivity contribution in [2.75, 3.05) is 27.3 Å². The lowest BCUT2D eigenvalue weighted by atomic mass is 9.73. The zero-order chi connectivity index (χ0) is 44.1. The lowest BCUT2D eigenvalue weighted by molar-refractivity contribution is -0.296. The Morgan fingerprint density at radius 3 is 2.47 bits per heavy atom. The van der Waals surface area contributed by atoms with E-state index in [4.69, 9.17) is 28.5 Å². The highest BCUT2D eigenvalue weighted by Crippen LogP contribution is 2.40. The van der Waals surface area contributed by atoms with Crippen molar-refractivity contribution in [3.05, 3.63) is 41.5 Å². The van der Waals surface area contributed by atoms with Crippen LogP contribution in [0.15, 0.2) is 46.8 Å². The van der Waals surface area contributed by atoms with E-state index in [0.29, 0.717) is 17.8 Å². The number of amides is 1. The zero-order valence-corrected chi connectivity index (χ0v) is 37.6. The molecule has 3 fully saturated rings. The van der Waals surface area contributed by atoms with Crippen LogP contribution in [0, 0.1) is 23.7 Å². The largest absolute Gasteiger partial charge is 0.459 e. The van der Waals surface area contributed by atoms with Crippen LogP contribution in [0.5, 0.6) is 0 Å². The number of oxime groups is 1. The van der Waals surface area contributed by atoms with Crippen molar-refractivity contribution in [2.45, 2.75) is 142 Å². The van der Waals surface area contributed by atoms with Crippen molar-refractivity contribution in [3.63, 3.8) is 0 Å². The first kappa shape index (κ1) is 47.6. The van der Waals surface area contributed by atoms with Gasteiger partial charge in [0.2, 0.25) is 5.91 Å². The molecular formula is C44H64N4O11S. The van der Waals surface area contributed by atoms with Crippen LogP contribution in [-0.4, -0.2) is 131 Å². The summed E-state index contributed by atoms with van der Waals surface area (Å²) in [6.45, 7) is 15.0. The molecule has 0 saturated carbocycles. The molecule has 2 aromatic heterocycles. The summed E-state index contributed by atoms with van der Waals surface area (Å²) in [7, 11) is 3.74. The smallest absolute Gasteiger partial charge is 0.316 e. The van der Waals surface area contributed by atoms with Crippen LogP contribution < -0.4 is 0 Å². The molecule has 2 N–H and O–H groups in total. The molecule has 3 aliphatic heterocycles. The number of hydrogen-bond acceptors (Lipinski definition) is 15. The average Bonchev–Trinajstić information content (AvgIpc) is 3.67. The van der Waals surface area contributed by atoms with E-state index in [0.717, 1.165) is 15.3 Å². The summed E-state index contributed by atoms with van der Waals surface area (Å²) in [6, 6.07) is 7.49. The maximum Gasteiger partial charge on any atom is 0.316 e. The van der Waals surface area contributed by atoms with E-state index in [9.17, 15) is 24.6 Å². The van der Waals surface area contributed by atoms with E-state index in [1.54, 1.807) is 44.5 Å². The summed E-state index contributed by atoms with van der Waals surface area (Å²) >= 11 is 1.54. The highest BCUT2D eigenvalue weighted by molar-refractivity contribution is 7.15. The summed E-state index contributed by atoms with van der Waals surface area (Å²) in [5, 5.41) is 28.6. The van der Waals surface area contributed by atoms with E-state index in [1.807, 2.05) is 64.0 Å². The number of aliphatic hydroxyl groups excluding tert-OH is 1. The Bertz CT molecular complexity index is 1850. The van der Waals surface area contributed by atoms with Gasteiger partial charge in [0, 0.05) is 58.2 Å². The fraction of sp³-hybridized carbons (Fsp3) is 0.682. The van der Waals surface area contributed by atoms with Crippen LogP contribution in [-0.2, 0) is 49.5 Å². The molecule has 0 aliphatic carbocycles. The van der Waals surface area contributed by atoms with Crippen molar-refractivity contribution in [3.8, 4) is 10.4 Å². The highest BCUT2D eigenvalue weighted by atomic mass is 32.1. The third-order valence-electron chi connectivity index (χ3n) is 12.1. The van der Waals surface area contributed by atoms with Crippen molar-refractivity contribution in [1.82, 2.24) is 9.88 Å². The number of carbonyl (C=O) groups excluding carboxylic acids is 3. The molecule has 60 heavy (non-hydrogen) atoms. The number of carbonyl (C=O) groups is 3. The minimum absolute atomic E-state index is 0.140. The summed E-state index contributed by atoms with van der Waals surface area (Å²) in [4.78, 5) is 59.8.